The van der Waals surface area contributed by atoms with Gasteiger partial charge in [-0.25, -0.2) is 4.57 Å². The molecule has 0 spiro atoms. The van der Waals surface area contributed by atoms with E-state index in [1.165, 1.54) is 0 Å². The van der Waals surface area contributed by atoms with E-state index in [0.29, 0.717) is 6.61 Å². The van der Waals surface area contributed by atoms with Crippen LogP contribution in [0.4, 0.5) is 0 Å². The molecule has 7 heteroatoms. The van der Waals surface area contributed by atoms with Crippen molar-refractivity contribution in [2.45, 2.75) is 24.5 Å². The monoisotopic (exact) mass is 448 g/mol. The third-order valence-corrected chi connectivity index (χ3v) is 4.70. The van der Waals surface area contributed by atoms with Gasteiger partial charge in [0.25, 0.3) is 5.82 Å². The Balaban J connectivity index is 0.00000192. The van der Waals surface area contributed by atoms with Crippen molar-refractivity contribution in [3.63, 3.8) is 0 Å². The van der Waals surface area contributed by atoms with Crippen LogP contribution >= 0.6 is 11.8 Å². The average molecular weight is 448 g/mol. The van der Waals surface area contributed by atoms with E-state index in [2.05, 4.69) is 9.55 Å². The Kier molecular flexibility index (Phi) is 6.33. The molecule has 1 atom stereocenters. The van der Waals surface area contributed by atoms with E-state index < -0.39 is 0 Å². The lowest BCUT2D eigenvalue weighted by molar-refractivity contribution is -0.655. The Bertz CT molecular complexity index is 706. The maximum Gasteiger partial charge on any atom is 0.296 e. The molecule has 126 valence electrons. The van der Waals surface area contributed by atoms with Crippen LogP contribution in [0, 0.1) is 6.92 Å². The summed E-state index contributed by atoms with van der Waals surface area (Å²) in [6.45, 7) is 3.40. The smallest absolute Gasteiger partial charge is 0.296 e. The van der Waals surface area contributed by atoms with E-state index in [1.807, 2.05) is 32.4 Å². The fraction of sp³-hybridized carbons (Fsp3) is 0.500. The van der Waals surface area contributed by atoms with Crippen LogP contribution in [0.1, 0.15) is 12.2 Å². The Morgan fingerprint density at radius 1 is 1.35 bits per heavy atom. The van der Waals surface area contributed by atoms with E-state index in [1.54, 1.807) is 18.9 Å². The summed E-state index contributed by atoms with van der Waals surface area (Å²) in [6, 6.07) is 4.06. The number of aryl methyl sites for hydroxylation is 2. The van der Waals surface area contributed by atoms with Crippen molar-refractivity contribution >= 4 is 22.7 Å². The number of thioether (sulfide) groups is 1. The van der Waals surface area contributed by atoms with E-state index in [-0.39, 0.29) is 30.1 Å². The molecule has 1 aliphatic rings. The zero-order chi connectivity index (χ0) is 15.7. The number of ether oxygens (including phenoxy) is 3. The third kappa shape index (κ3) is 3.66. The number of rotatable bonds is 4. The number of benzene rings is 1. The molecule has 23 heavy (non-hydrogen) atoms. The van der Waals surface area contributed by atoms with Gasteiger partial charge in [0.1, 0.15) is 11.6 Å². The van der Waals surface area contributed by atoms with Crippen molar-refractivity contribution in [2.24, 2.45) is 7.05 Å². The first-order valence-corrected chi connectivity index (χ1v) is 8.53. The molecule has 0 N–H and O–H groups in total. The second-order valence-electron chi connectivity index (χ2n) is 5.35. The van der Waals surface area contributed by atoms with Crippen molar-refractivity contribution in [2.75, 3.05) is 26.6 Å². The maximum atomic E-state index is 6.08. The van der Waals surface area contributed by atoms with Crippen LogP contribution in [0.5, 0.6) is 11.5 Å². The number of halogens is 1. The summed E-state index contributed by atoms with van der Waals surface area (Å²) in [4.78, 5) is 4.65. The Morgan fingerprint density at radius 2 is 2.13 bits per heavy atom. The summed E-state index contributed by atoms with van der Waals surface area (Å²) in [5.41, 5.74) is 1.09. The normalized spacial score (nSPS) is 17.1. The van der Waals surface area contributed by atoms with Gasteiger partial charge in [-0.2, -0.15) is 0 Å². The van der Waals surface area contributed by atoms with E-state index in [4.69, 9.17) is 14.2 Å². The zero-order valence-electron chi connectivity index (χ0n) is 13.8. The highest BCUT2D eigenvalue weighted by Gasteiger charge is 2.23. The van der Waals surface area contributed by atoms with Crippen LogP contribution < -0.4 is 38.0 Å². The van der Waals surface area contributed by atoms with Gasteiger partial charge in [-0.3, -0.25) is 0 Å². The summed E-state index contributed by atoms with van der Waals surface area (Å²) in [6.07, 6.45) is 3.05. The second kappa shape index (κ2) is 7.85. The van der Waals surface area contributed by atoms with E-state index in [9.17, 15) is 0 Å². The van der Waals surface area contributed by atoms with Gasteiger partial charge in [0.15, 0.2) is 11.5 Å². The fourth-order valence-electron chi connectivity index (χ4n) is 2.65. The Hall–Kier alpha value is -0.800. The SMILES string of the molecule is COc1cc2c(cc1O[C@H]1CCOC1)c(SC)nc(C)[n+]2C.[I-]. The molecular formula is C16H21IN2O3S. The first kappa shape index (κ1) is 18.5. The molecule has 0 saturated carbocycles. The molecule has 0 radical (unpaired) electrons. The Labute approximate surface area is 157 Å². The number of aromatic nitrogens is 2. The van der Waals surface area contributed by atoms with Crippen molar-refractivity contribution in [1.82, 2.24) is 4.98 Å². The first-order valence-electron chi connectivity index (χ1n) is 7.30. The van der Waals surface area contributed by atoms with Crippen LogP contribution in [0.2, 0.25) is 0 Å². The van der Waals surface area contributed by atoms with Gasteiger partial charge in [-0.1, -0.05) is 11.8 Å². The number of fused-ring (bicyclic) bond motifs is 1. The van der Waals surface area contributed by atoms with E-state index in [0.717, 1.165) is 46.3 Å². The quantitative estimate of drug-likeness (QED) is 0.267. The van der Waals surface area contributed by atoms with Crippen LogP contribution in [-0.4, -0.2) is 37.7 Å². The van der Waals surface area contributed by atoms with Gasteiger partial charge in [0, 0.05) is 25.5 Å². The minimum Gasteiger partial charge on any atom is -1.00 e. The molecule has 5 nitrogen and oxygen atoms in total. The molecule has 3 rings (SSSR count). The van der Waals surface area contributed by atoms with Crippen LogP contribution in [0.15, 0.2) is 17.2 Å². The number of hydrogen-bond acceptors (Lipinski definition) is 5. The van der Waals surface area contributed by atoms with Gasteiger partial charge >= 0.3 is 0 Å². The molecule has 0 bridgehead atoms. The molecular weight excluding hydrogens is 427 g/mol. The topological polar surface area (TPSA) is 44.5 Å². The molecule has 1 saturated heterocycles. The highest BCUT2D eigenvalue weighted by atomic mass is 127. The number of hydrogen-bond donors (Lipinski definition) is 0. The van der Waals surface area contributed by atoms with Gasteiger partial charge in [-0.05, 0) is 11.2 Å². The van der Waals surface area contributed by atoms with Crippen molar-refractivity contribution in [3.8, 4) is 11.5 Å². The summed E-state index contributed by atoms with van der Waals surface area (Å²) < 4.78 is 19.1. The van der Waals surface area contributed by atoms with Crippen LogP contribution in [-0.2, 0) is 11.8 Å². The average Bonchev–Trinajstić information content (AvgIpc) is 3.03. The highest BCUT2D eigenvalue weighted by Crippen LogP contribution is 2.35. The molecule has 1 aromatic heterocycles. The molecule has 2 heterocycles. The molecule has 2 aromatic rings. The summed E-state index contributed by atoms with van der Waals surface area (Å²) >= 11 is 1.64. The highest BCUT2D eigenvalue weighted by molar-refractivity contribution is 7.98. The Morgan fingerprint density at radius 3 is 2.74 bits per heavy atom. The lowest BCUT2D eigenvalue weighted by atomic mass is 10.2. The van der Waals surface area contributed by atoms with Crippen LogP contribution in [0.3, 0.4) is 0 Å². The summed E-state index contributed by atoms with van der Waals surface area (Å²) in [5.74, 6) is 2.47. The molecule has 1 aromatic carbocycles. The van der Waals surface area contributed by atoms with Gasteiger partial charge in [-0.15, -0.1) is 0 Å². The lowest BCUT2D eigenvalue weighted by Crippen LogP contribution is -3.00. The summed E-state index contributed by atoms with van der Waals surface area (Å²) in [7, 11) is 3.68. The minimum absolute atomic E-state index is 0. The minimum atomic E-state index is 0. The summed E-state index contributed by atoms with van der Waals surface area (Å²) in [5, 5.41) is 2.08. The molecule has 0 amide bonds. The van der Waals surface area contributed by atoms with E-state index >= 15 is 0 Å². The number of nitrogens with zero attached hydrogens (tertiary/aromatic N) is 2. The predicted molar refractivity (Wildman–Crippen MR) is 85.8 cm³/mol. The molecule has 0 aliphatic carbocycles. The van der Waals surface area contributed by atoms with Gasteiger partial charge in [0.2, 0.25) is 5.03 Å². The van der Waals surface area contributed by atoms with Gasteiger partial charge in [0.05, 0.1) is 32.8 Å². The first-order chi connectivity index (χ1) is 10.6. The lowest BCUT2D eigenvalue weighted by Gasteiger charge is -2.16. The largest absolute Gasteiger partial charge is 1.00 e. The van der Waals surface area contributed by atoms with Crippen molar-refractivity contribution in [1.29, 1.82) is 0 Å². The fourth-order valence-corrected chi connectivity index (χ4v) is 3.25. The third-order valence-electron chi connectivity index (χ3n) is 4.00. The van der Waals surface area contributed by atoms with Crippen molar-refractivity contribution in [3.05, 3.63) is 18.0 Å². The predicted octanol–water partition coefficient (Wildman–Crippen LogP) is -0.730. The second-order valence-corrected chi connectivity index (χ2v) is 6.15. The number of methoxy groups -OCH3 is 1. The zero-order valence-corrected chi connectivity index (χ0v) is 16.7. The van der Waals surface area contributed by atoms with Crippen molar-refractivity contribution < 1.29 is 42.8 Å². The molecule has 1 fully saturated rings. The maximum absolute atomic E-state index is 6.08. The molecule has 0 unspecified atom stereocenters. The van der Waals surface area contributed by atoms with Crippen LogP contribution in [0.25, 0.3) is 10.9 Å². The van der Waals surface area contributed by atoms with Gasteiger partial charge < -0.3 is 38.2 Å². The standard InChI is InChI=1S/C16H21N2O3S.HI/c1-10-17-16(22-4)12-7-15(21-11-5-6-20-9-11)14(19-3)8-13(12)18(10)2;/h7-8,11H,5-6,9H2,1-4H3;1H/q+1;/p-1/t11-;/m0./s1. The molecule has 1 aliphatic heterocycles.